The van der Waals surface area contributed by atoms with Crippen LogP contribution >= 0.6 is 0 Å². The van der Waals surface area contributed by atoms with Crippen molar-refractivity contribution in [2.75, 3.05) is 0 Å². The third kappa shape index (κ3) is 6.00. The summed E-state index contributed by atoms with van der Waals surface area (Å²) in [7, 11) is 0. The van der Waals surface area contributed by atoms with E-state index in [2.05, 4.69) is 199 Å². The summed E-state index contributed by atoms with van der Waals surface area (Å²) in [5.74, 6) is 1.85. The summed E-state index contributed by atoms with van der Waals surface area (Å²) in [6, 6.07) is 69.4. The number of aromatic nitrogens is 6. The third-order valence-corrected chi connectivity index (χ3v) is 11.6. The fourth-order valence-electron chi connectivity index (χ4n) is 8.62. The van der Waals surface area contributed by atoms with Crippen molar-refractivity contribution in [3.63, 3.8) is 0 Å². The number of nitrogens with zero attached hydrogens (tertiary/aromatic N) is 6. The maximum absolute atomic E-state index is 5.44. The molecule has 0 atom stereocenters. The lowest BCUT2D eigenvalue weighted by atomic mass is 10.00. The average molecular weight is 779 g/mol. The first-order valence-corrected chi connectivity index (χ1v) is 20.4. The molecule has 4 aromatic heterocycles. The molecule has 0 N–H and O–H groups in total. The van der Waals surface area contributed by atoms with Crippen molar-refractivity contribution in [2.45, 2.75) is 0 Å². The summed E-state index contributed by atoms with van der Waals surface area (Å²) in [5, 5.41) is 7.75. The second-order valence-electron chi connectivity index (χ2n) is 15.3. The molecule has 6 heteroatoms. The van der Waals surface area contributed by atoms with Gasteiger partial charge in [0.15, 0.2) is 17.5 Å². The van der Waals surface area contributed by atoms with E-state index in [0.717, 1.165) is 88.6 Å². The van der Waals surface area contributed by atoms with E-state index in [9.17, 15) is 0 Å². The smallest absolute Gasteiger partial charge is 0.164 e. The van der Waals surface area contributed by atoms with Crippen LogP contribution in [-0.4, -0.2) is 29.3 Å². The minimum atomic E-state index is 0.602. The summed E-state index contributed by atoms with van der Waals surface area (Å²) in [5.41, 5.74) is 10.6. The molecule has 0 spiro atoms. The minimum Gasteiger partial charge on any atom is -0.298 e. The zero-order valence-corrected chi connectivity index (χ0v) is 32.8. The zero-order chi connectivity index (χ0) is 40.3. The van der Waals surface area contributed by atoms with Gasteiger partial charge in [0.2, 0.25) is 0 Å². The van der Waals surface area contributed by atoms with Gasteiger partial charge in [-0.3, -0.25) is 4.40 Å². The first kappa shape index (κ1) is 34.7. The van der Waals surface area contributed by atoms with Gasteiger partial charge >= 0.3 is 0 Å². The van der Waals surface area contributed by atoms with Crippen LogP contribution in [0.4, 0.5) is 0 Å². The molecular weight excluding hydrogens is 745 g/mol. The lowest BCUT2D eigenvalue weighted by Gasteiger charge is -2.13. The molecule has 0 aliphatic heterocycles. The van der Waals surface area contributed by atoms with Gasteiger partial charge < -0.3 is 0 Å². The van der Waals surface area contributed by atoms with Gasteiger partial charge in [-0.1, -0.05) is 176 Å². The molecule has 0 aliphatic carbocycles. The molecule has 0 fully saturated rings. The zero-order valence-electron chi connectivity index (χ0n) is 32.8. The molecule has 12 rings (SSSR count). The fourth-order valence-corrected chi connectivity index (χ4v) is 8.62. The highest BCUT2D eigenvalue weighted by atomic mass is 15.0. The predicted molar refractivity (Wildman–Crippen MR) is 249 cm³/mol. The molecule has 4 heterocycles. The van der Waals surface area contributed by atoms with Crippen LogP contribution in [0.15, 0.2) is 206 Å². The number of benzene rings is 8. The Balaban J connectivity index is 1.02. The van der Waals surface area contributed by atoms with Crippen LogP contribution in [0.25, 0.3) is 117 Å². The highest BCUT2D eigenvalue weighted by Crippen LogP contribution is 2.40. The summed E-state index contributed by atoms with van der Waals surface area (Å²) in [6.45, 7) is 0. The van der Waals surface area contributed by atoms with E-state index in [1.807, 2.05) is 12.1 Å². The highest BCUT2D eigenvalue weighted by Gasteiger charge is 2.21. The van der Waals surface area contributed by atoms with Gasteiger partial charge in [0.1, 0.15) is 5.65 Å². The Labute approximate surface area is 351 Å². The van der Waals surface area contributed by atoms with Gasteiger partial charge in [0.25, 0.3) is 0 Å². The van der Waals surface area contributed by atoms with Crippen LogP contribution in [0.3, 0.4) is 0 Å². The number of imidazole rings is 1. The lowest BCUT2D eigenvalue weighted by Crippen LogP contribution is -2.00. The summed E-state index contributed by atoms with van der Waals surface area (Å²) in [6.07, 6.45) is 2.14. The van der Waals surface area contributed by atoms with Crippen molar-refractivity contribution < 1.29 is 0 Å². The van der Waals surface area contributed by atoms with Crippen molar-refractivity contribution in [3.05, 3.63) is 206 Å². The second-order valence-corrected chi connectivity index (χ2v) is 15.3. The molecule has 0 aliphatic rings. The van der Waals surface area contributed by atoms with Crippen LogP contribution in [0, 0.1) is 0 Å². The standard InChI is InChI=1S/C55H34N6/c1-3-15-37(16-4-1)50-51(39-17-5-2-6-18-39)61-32-31-46-48(55(61)57-50)45-21-11-12-22-47(45)56-49(46)38-25-27-40(28-26-38)52-58-53(43-29-23-35-13-7-9-19-41(35)33-43)60-54(59-52)44-30-24-36-14-8-10-20-42(36)34-44/h1-34H. The maximum atomic E-state index is 5.44. The lowest BCUT2D eigenvalue weighted by molar-refractivity contribution is 1.08. The molecule has 8 aromatic carbocycles. The third-order valence-electron chi connectivity index (χ3n) is 11.6. The van der Waals surface area contributed by atoms with Crippen LogP contribution in [0.1, 0.15) is 0 Å². The minimum absolute atomic E-state index is 0.602. The molecule has 0 saturated carbocycles. The summed E-state index contributed by atoms with van der Waals surface area (Å²) >= 11 is 0. The number of para-hydroxylation sites is 1. The highest BCUT2D eigenvalue weighted by molar-refractivity contribution is 6.17. The maximum Gasteiger partial charge on any atom is 0.164 e. The SMILES string of the molecule is c1ccc(-c2nc3c4c(ccn3c2-c2ccccc2)c(-c2ccc(-c3nc(-c5ccc6ccccc6c5)nc(-c5ccc6ccccc6c5)n3)cc2)nc2ccccc24)cc1. The molecule has 6 nitrogen and oxygen atoms in total. The van der Waals surface area contributed by atoms with Crippen molar-refractivity contribution in [2.24, 2.45) is 0 Å². The summed E-state index contributed by atoms with van der Waals surface area (Å²) < 4.78 is 2.24. The van der Waals surface area contributed by atoms with Crippen LogP contribution in [-0.2, 0) is 0 Å². The van der Waals surface area contributed by atoms with Crippen LogP contribution < -0.4 is 0 Å². The first-order chi connectivity index (χ1) is 30.2. The molecule has 0 saturated heterocycles. The van der Waals surface area contributed by atoms with Gasteiger partial charge in [-0.25, -0.2) is 24.9 Å². The Bertz CT molecular complexity index is 3540. The summed E-state index contributed by atoms with van der Waals surface area (Å²) in [4.78, 5) is 26.0. The van der Waals surface area contributed by atoms with E-state index in [0.29, 0.717) is 17.5 Å². The number of rotatable bonds is 6. The fraction of sp³-hybridized carbons (Fsp3) is 0. The number of hydrogen-bond acceptors (Lipinski definition) is 5. The molecule has 0 amide bonds. The van der Waals surface area contributed by atoms with E-state index in [4.69, 9.17) is 24.9 Å². The second kappa shape index (κ2) is 14.2. The molecular formula is C55H34N6. The van der Waals surface area contributed by atoms with Crippen molar-refractivity contribution in [1.82, 2.24) is 29.3 Å². The van der Waals surface area contributed by atoms with Crippen LogP contribution in [0.5, 0.6) is 0 Å². The molecule has 61 heavy (non-hydrogen) atoms. The van der Waals surface area contributed by atoms with Gasteiger partial charge in [-0.05, 0) is 45.8 Å². The number of fused-ring (bicyclic) bond motifs is 7. The quantitative estimate of drug-likeness (QED) is 0.157. The molecule has 0 bridgehead atoms. The van der Waals surface area contributed by atoms with E-state index in [1.165, 1.54) is 10.8 Å². The molecule has 0 unspecified atom stereocenters. The predicted octanol–water partition coefficient (Wildman–Crippen LogP) is 13.5. The van der Waals surface area contributed by atoms with Gasteiger partial charge in [-0.2, -0.15) is 0 Å². The van der Waals surface area contributed by atoms with E-state index in [1.54, 1.807) is 0 Å². The van der Waals surface area contributed by atoms with E-state index < -0.39 is 0 Å². The molecule has 0 radical (unpaired) electrons. The first-order valence-electron chi connectivity index (χ1n) is 20.4. The van der Waals surface area contributed by atoms with Crippen molar-refractivity contribution in [3.8, 4) is 67.9 Å². The Morgan fingerprint density at radius 1 is 0.311 bits per heavy atom. The van der Waals surface area contributed by atoms with Gasteiger partial charge in [0, 0.05) is 55.7 Å². The normalized spacial score (nSPS) is 11.6. The topological polar surface area (TPSA) is 68.9 Å². The molecule has 12 aromatic rings. The Morgan fingerprint density at radius 3 is 1.44 bits per heavy atom. The Hall–Kier alpha value is -8.35. The van der Waals surface area contributed by atoms with Gasteiger partial charge in [-0.15, -0.1) is 0 Å². The van der Waals surface area contributed by atoms with E-state index in [-0.39, 0.29) is 0 Å². The number of pyridine rings is 2. The Kier molecular flexibility index (Phi) is 8.06. The number of hydrogen-bond donors (Lipinski definition) is 0. The average Bonchev–Trinajstić information content (AvgIpc) is 3.74. The Morgan fingerprint density at radius 2 is 0.803 bits per heavy atom. The van der Waals surface area contributed by atoms with Crippen molar-refractivity contribution >= 4 is 48.9 Å². The molecule has 284 valence electrons. The monoisotopic (exact) mass is 778 g/mol. The largest absolute Gasteiger partial charge is 0.298 e. The van der Waals surface area contributed by atoms with Gasteiger partial charge in [0.05, 0.1) is 22.6 Å². The van der Waals surface area contributed by atoms with E-state index >= 15 is 0 Å². The van der Waals surface area contributed by atoms with Crippen LogP contribution in [0.2, 0.25) is 0 Å². The van der Waals surface area contributed by atoms with Crippen molar-refractivity contribution in [1.29, 1.82) is 0 Å².